The number of para-hydroxylation sites is 1. The Balaban J connectivity index is 1.97. The molecule has 1 aromatic carbocycles. The van der Waals surface area contributed by atoms with Crippen LogP contribution in [0.1, 0.15) is 39.5 Å². The van der Waals surface area contributed by atoms with E-state index in [1.54, 1.807) is 4.57 Å². The molecule has 144 valence electrons. The lowest BCUT2D eigenvalue weighted by Gasteiger charge is -2.10. The Kier molecular flexibility index (Phi) is 6.49. The standard InChI is InChI=1S/C19H25N5O2S/c1-3-5-11-20-16(25)13-27-19-22-21-18-23(12-6-4-2)17(26)14-9-7-8-10-15(14)24(18)19/h7-10H,3-6,11-13H2,1-2H3,(H,20,25). The van der Waals surface area contributed by atoms with Gasteiger partial charge < -0.3 is 5.32 Å². The molecule has 0 spiro atoms. The average Bonchev–Trinajstić information content (AvgIpc) is 3.10. The van der Waals surface area contributed by atoms with Crippen LogP contribution >= 0.6 is 11.8 Å². The molecule has 1 N–H and O–H groups in total. The van der Waals surface area contributed by atoms with E-state index in [0.717, 1.165) is 31.2 Å². The number of amides is 1. The van der Waals surface area contributed by atoms with Crippen molar-refractivity contribution >= 4 is 34.3 Å². The molecule has 0 bridgehead atoms. The lowest BCUT2D eigenvalue weighted by Crippen LogP contribution is -2.26. The first kappa shape index (κ1) is 19.4. The van der Waals surface area contributed by atoms with Crippen LogP contribution in [0.5, 0.6) is 0 Å². The first-order valence-electron chi connectivity index (χ1n) is 9.43. The van der Waals surface area contributed by atoms with Crippen molar-refractivity contribution in [2.24, 2.45) is 0 Å². The van der Waals surface area contributed by atoms with E-state index in [4.69, 9.17) is 0 Å². The number of aromatic nitrogens is 4. The summed E-state index contributed by atoms with van der Waals surface area (Å²) in [5.74, 6) is 0.780. The molecule has 0 fully saturated rings. The van der Waals surface area contributed by atoms with Gasteiger partial charge in [0.1, 0.15) is 0 Å². The number of rotatable bonds is 9. The van der Waals surface area contributed by atoms with Crippen molar-refractivity contribution in [3.8, 4) is 0 Å². The van der Waals surface area contributed by atoms with Crippen molar-refractivity contribution in [2.75, 3.05) is 12.3 Å². The van der Waals surface area contributed by atoms with E-state index in [1.165, 1.54) is 11.8 Å². The number of benzene rings is 1. The molecular weight excluding hydrogens is 362 g/mol. The number of aryl methyl sites for hydroxylation is 1. The summed E-state index contributed by atoms with van der Waals surface area (Å²) in [6.45, 7) is 5.47. The predicted molar refractivity (Wildman–Crippen MR) is 108 cm³/mol. The van der Waals surface area contributed by atoms with Gasteiger partial charge in [-0.3, -0.25) is 18.6 Å². The van der Waals surface area contributed by atoms with E-state index in [0.29, 0.717) is 29.4 Å². The van der Waals surface area contributed by atoms with E-state index in [-0.39, 0.29) is 17.2 Å². The molecule has 0 atom stereocenters. The smallest absolute Gasteiger partial charge is 0.262 e. The van der Waals surface area contributed by atoms with Gasteiger partial charge in [-0.15, -0.1) is 10.2 Å². The van der Waals surface area contributed by atoms with Crippen molar-refractivity contribution in [1.29, 1.82) is 0 Å². The molecule has 1 amide bonds. The summed E-state index contributed by atoms with van der Waals surface area (Å²) in [6.07, 6.45) is 3.89. The third-order valence-corrected chi connectivity index (χ3v) is 5.33. The van der Waals surface area contributed by atoms with Crippen molar-refractivity contribution in [1.82, 2.24) is 24.5 Å². The highest BCUT2D eigenvalue weighted by atomic mass is 32.2. The SMILES string of the molecule is CCCCNC(=O)CSc1nnc2n(CCCC)c(=O)c3ccccc3n12. The van der Waals surface area contributed by atoms with E-state index >= 15 is 0 Å². The Morgan fingerprint density at radius 3 is 2.70 bits per heavy atom. The normalized spacial score (nSPS) is 11.3. The minimum atomic E-state index is -0.0483. The van der Waals surface area contributed by atoms with Crippen LogP contribution in [0, 0.1) is 0 Å². The number of fused-ring (bicyclic) bond motifs is 3. The van der Waals surface area contributed by atoms with Crippen molar-refractivity contribution < 1.29 is 4.79 Å². The molecule has 0 saturated heterocycles. The van der Waals surface area contributed by atoms with Gasteiger partial charge in [0.15, 0.2) is 5.16 Å². The Hall–Kier alpha value is -2.35. The summed E-state index contributed by atoms with van der Waals surface area (Å²) in [7, 11) is 0. The largest absolute Gasteiger partial charge is 0.355 e. The van der Waals surface area contributed by atoms with Gasteiger partial charge in [-0.1, -0.05) is 50.6 Å². The number of hydrogen-bond acceptors (Lipinski definition) is 5. The molecule has 7 nitrogen and oxygen atoms in total. The Bertz CT molecular complexity index is 995. The maximum absolute atomic E-state index is 12.9. The van der Waals surface area contributed by atoms with Crippen LogP contribution in [-0.2, 0) is 11.3 Å². The number of carbonyl (C=O) groups excluding carboxylic acids is 1. The van der Waals surface area contributed by atoms with Crippen molar-refractivity contribution in [2.45, 2.75) is 51.2 Å². The van der Waals surface area contributed by atoms with Crippen LogP contribution in [-0.4, -0.2) is 37.4 Å². The first-order chi connectivity index (χ1) is 13.2. The topological polar surface area (TPSA) is 81.3 Å². The van der Waals surface area contributed by atoms with Crippen LogP contribution in [0.4, 0.5) is 0 Å². The fraction of sp³-hybridized carbons (Fsp3) is 0.474. The Morgan fingerprint density at radius 1 is 1.15 bits per heavy atom. The molecule has 0 unspecified atom stereocenters. The fourth-order valence-corrected chi connectivity index (χ4v) is 3.70. The molecule has 0 saturated carbocycles. The number of thioether (sulfide) groups is 1. The highest BCUT2D eigenvalue weighted by Crippen LogP contribution is 2.21. The Labute approximate surface area is 162 Å². The maximum Gasteiger partial charge on any atom is 0.262 e. The summed E-state index contributed by atoms with van der Waals surface area (Å²) in [6, 6.07) is 7.47. The van der Waals surface area contributed by atoms with Gasteiger partial charge in [0, 0.05) is 13.1 Å². The molecule has 0 aliphatic rings. The molecule has 8 heteroatoms. The average molecular weight is 388 g/mol. The highest BCUT2D eigenvalue weighted by Gasteiger charge is 2.17. The zero-order valence-electron chi connectivity index (χ0n) is 15.8. The number of nitrogens with zero attached hydrogens (tertiary/aromatic N) is 4. The third kappa shape index (κ3) is 4.16. The zero-order chi connectivity index (χ0) is 19.2. The second-order valence-electron chi connectivity index (χ2n) is 6.44. The van der Waals surface area contributed by atoms with Gasteiger partial charge >= 0.3 is 0 Å². The summed E-state index contributed by atoms with van der Waals surface area (Å²) < 4.78 is 3.57. The molecule has 0 aliphatic heterocycles. The van der Waals surface area contributed by atoms with Crippen LogP contribution in [0.2, 0.25) is 0 Å². The summed E-state index contributed by atoms with van der Waals surface area (Å²) >= 11 is 1.34. The quantitative estimate of drug-likeness (QED) is 0.451. The van der Waals surface area contributed by atoms with Crippen LogP contribution < -0.4 is 10.9 Å². The molecular formula is C19H25N5O2S. The van der Waals surface area contributed by atoms with Gasteiger partial charge in [-0.25, -0.2) is 0 Å². The van der Waals surface area contributed by atoms with E-state index in [1.807, 2.05) is 28.7 Å². The van der Waals surface area contributed by atoms with Crippen LogP contribution in [0.15, 0.2) is 34.2 Å². The summed E-state index contributed by atoms with van der Waals surface area (Å²) in [5, 5.41) is 12.7. The number of unbranched alkanes of at least 4 members (excludes halogenated alkanes) is 2. The van der Waals surface area contributed by atoms with E-state index in [2.05, 4.69) is 29.4 Å². The lowest BCUT2D eigenvalue weighted by molar-refractivity contribution is -0.118. The zero-order valence-corrected chi connectivity index (χ0v) is 16.6. The van der Waals surface area contributed by atoms with Crippen molar-refractivity contribution in [3.63, 3.8) is 0 Å². The van der Waals surface area contributed by atoms with Gasteiger partial charge in [-0.2, -0.15) is 0 Å². The van der Waals surface area contributed by atoms with E-state index in [9.17, 15) is 9.59 Å². The summed E-state index contributed by atoms with van der Waals surface area (Å²) in [5.41, 5.74) is 0.719. The van der Waals surface area contributed by atoms with E-state index < -0.39 is 0 Å². The van der Waals surface area contributed by atoms with Gasteiger partial charge in [0.25, 0.3) is 5.56 Å². The van der Waals surface area contributed by atoms with Gasteiger partial charge in [0.2, 0.25) is 11.7 Å². The molecule has 3 rings (SSSR count). The number of carbonyl (C=O) groups is 1. The molecule has 2 heterocycles. The fourth-order valence-electron chi connectivity index (χ4n) is 2.93. The van der Waals surface area contributed by atoms with Gasteiger partial charge in [-0.05, 0) is 25.0 Å². The monoisotopic (exact) mass is 387 g/mol. The first-order valence-corrected chi connectivity index (χ1v) is 10.4. The number of hydrogen-bond donors (Lipinski definition) is 1. The van der Waals surface area contributed by atoms with Crippen LogP contribution in [0.3, 0.4) is 0 Å². The maximum atomic E-state index is 12.9. The minimum Gasteiger partial charge on any atom is -0.355 e. The van der Waals surface area contributed by atoms with Crippen LogP contribution in [0.25, 0.3) is 16.7 Å². The molecule has 27 heavy (non-hydrogen) atoms. The molecule has 0 radical (unpaired) electrons. The third-order valence-electron chi connectivity index (χ3n) is 4.40. The highest BCUT2D eigenvalue weighted by molar-refractivity contribution is 7.99. The minimum absolute atomic E-state index is 0.0196. The second-order valence-corrected chi connectivity index (χ2v) is 7.38. The molecule has 2 aromatic heterocycles. The molecule has 3 aromatic rings. The predicted octanol–water partition coefficient (Wildman–Crippen LogP) is 2.85. The second kappa shape index (κ2) is 9.03. The lowest BCUT2D eigenvalue weighted by atomic mass is 10.2. The Morgan fingerprint density at radius 2 is 1.93 bits per heavy atom. The number of nitrogens with one attached hydrogen (secondary N) is 1. The molecule has 0 aliphatic carbocycles. The summed E-state index contributed by atoms with van der Waals surface area (Å²) in [4.78, 5) is 24.9. The van der Waals surface area contributed by atoms with Crippen molar-refractivity contribution in [3.05, 3.63) is 34.6 Å². The van der Waals surface area contributed by atoms with Gasteiger partial charge in [0.05, 0.1) is 16.7 Å².